The summed E-state index contributed by atoms with van der Waals surface area (Å²) in [4.78, 5) is 10.8. The van der Waals surface area contributed by atoms with Crippen molar-refractivity contribution in [1.29, 1.82) is 0 Å². The molecule has 0 unspecified atom stereocenters. The lowest BCUT2D eigenvalue weighted by molar-refractivity contribution is -0.136. The average Bonchev–Trinajstić information content (AvgIpc) is 2.59. The molecule has 0 bridgehead atoms. The number of carboxylic acid groups (broad SMARTS) is 1. The van der Waals surface area contributed by atoms with E-state index in [1.54, 1.807) is 0 Å². The first-order valence-electron chi connectivity index (χ1n) is 4.80. The molecule has 0 radical (unpaired) electrons. The van der Waals surface area contributed by atoms with Crippen LogP contribution in [-0.2, 0) is 21.1 Å². The molecule has 0 saturated carbocycles. The number of hydrogen-bond acceptors (Lipinski definition) is 4. The molecule has 6 heteroatoms. The number of fused-ring (bicyclic) bond motifs is 1. The summed E-state index contributed by atoms with van der Waals surface area (Å²) in [7, 11) is -3.31. The first kappa shape index (κ1) is 11.7. The van der Waals surface area contributed by atoms with Gasteiger partial charge in [-0.1, -0.05) is 0 Å². The standard InChI is InChI=1S/C11H10O5S/c1-17(14,15)8-2-3-10-9(5-8)7(6-16-10)4-11(12)13/h2-3,5-6H,4H2,1H3,(H,12,13). The van der Waals surface area contributed by atoms with Crippen molar-refractivity contribution in [3.05, 3.63) is 30.0 Å². The Bertz CT molecular complexity index is 681. The van der Waals surface area contributed by atoms with E-state index in [2.05, 4.69) is 0 Å². The Labute approximate surface area is 97.6 Å². The van der Waals surface area contributed by atoms with Crippen LogP contribution in [0.5, 0.6) is 0 Å². The number of rotatable bonds is 3. The molecular formula is C11H10O5S. The van der Waals surface area contributed by atoms with Gasteiger partial charge in [-0.25, -0.2) is 8.42 Å². The van der Waals surface area contributed by atoms with Gasteiger partial charge in [0, 0.05) is 17.2 Å². The Morgan fingerprint density at radius 1 is 1.41 bits per heavy atom. The highest BCUT2D eigenvalue weighted by Crippen LogP contribution is 2.24. The lowest BCUT2D eigenvalue weighted by atomic mass is 10.1. The summed E-state index contributed by atoms with van der Waals surface area (Å²) in [6.07, 6.45) is 2.25. The van der Waals surface area contributed by atoms with Crippen LogP contribution in [-0.4, -0.2) is 25.7 Å². The zero-order valence-electron chi connectivity index (χ0n) is 9.00. The van der Waals surface area contributed by atoms with Gasteiger partial charge in [-0.05, 0) is 18.2 Å². The fourth-order valence-corrected chi connectivity index (χ4v) is 2.24. The van der Waals surface area contributed by atoms with Gasteiger partial charge in [-0.3, -0.25) is 4.79 Å². The molecule has 1 aromatic heterocycles. The molecule has 2 rings (SSSR count). The Kier molecular flexibility index (Phi) is 2.66. The Morgan fingerprint density at radius 3 is 2.71 bits per heavy atom. The van der Waals surface area contributed by atoms with Crippen LogP contribution in [0, 0.1) is 0 Å². The first-order chi connectivity index (χ1) is 7.88. The Morgan fingerprint density at radius 2 is 2.12 bits per heavy atom. The van der Waals surface area contributed by atoms with Gasteiger partial charge in [0.25, 0.3) is 0 Å². The largest absolute Gasteiger partial charge is 0.481 e. The Balaban J connectivity index is 2.62. The van der Waals surface area contributed by atoms with E-state index in [-0.39, 0.29) is 11.3 Å². The second-order valence-corrected chi connectivity index (χ2v) is 5.78. The molecule has 90 valence electrons. The van der Waals surface area contributed by atoms with Gasteiger partial charge in [0.1, 0.15) is 5.58 Å². The second kappa shape index (κ2) is 3.89. The second-order valence-electron chi connectivity index (χ2n) is 3.76. The lowest BCUT2D eigenvalue weighted by Gasteiger charge is -1.98. The molecule has 1 aromatic carbocycles. The number of aliphatic carboxylic acids is 1. The van der Waals surface area contributed by atoms with Crippen molar-refractivity contribution >= 4 is 26.8 Å². The third-order valence-electron chi connectivity index (χ3n) is 2.39. The highest BCUT2D eigenvalue weighted by Gasteiger charge is 2.13. The van der Waals surface area contributed by atoms with Gasteiger partial charge in [0.05, 0.1) is 17.6 Å². The van der Waals surface area contributed by atoms with Crippen molar-refractivity contribution in [2.45, 2.75) is 11.3 Å². The van der Waals surface area contributed by atoms with Crippen molar-refractivity contribution in [3.8, 4) is 0 Å². The van der Waals surface area contributed by atoms with Gasteiger partial charge < -0.3 is 9.52 Å². The molecule has 2 aromatic rings. The molecule has 0 fully saturated rings. The number of hydrogen-bond donors (Lipinski definition) is 1. The van der Waals surface area contributed by atoms with Crippen molar-refractivity contribution in [3.63, 3.8) is 0 Å². The van der Waals surface area contributed by atoms with Gasteiger partial charge in [-0.2, -0.15) is 0 Å². The summed E-state index contributed by atoms with van der Waals surface area (Å²) < 4.78 is 27.9. The van der Waals surface area contributed by atoms with Crippen molar-refractivity contribution < 1.29 is 22.7 Å². The molecular weight excluding hydrogens is 244 g/mol. The van der Waals surface area contributed by atoms with Crippen LogP contribution >= 0.6 is 0 Å². The van der Waals surface area contributed by atoms with E-state index in [0.717, 1.165) is 6.26 Å². The van der Waals surface area contributed by atoms with Gasteiger partial charge >= 0.3 is 5.97 Å². The fraction of sp³-hybridized carbons (Fsp3) is 0.182. The third-order valence-corrected chi connectivity index (χ3v) is 3.51. The van der Waals surface area contributed by atoms with E-state index in [9.17, 15) is 13.2 Å². The smallest absolute Gasteiger partial charge is 0.307 e. The van der Waals surface area contributed by atoms with Crippen LogP contribution < -0.4 is 0 Å². The SMILES string of the molecule is CS(=O)(=O)c1ccc2occ(CC(=O)O)c2c1. The molecule has 0 aliphatic carbocycles. The van der Waals surface area contributed by atoms with Gasteiger partial charge in [0.15, 0.2) is 9.84 Å². The van der Waals surface area contributed by atoms with E-state index < -0.39 is 15.8 Å². The lowest BCUT2D eigenvalue weighted by Crippen LogP contribution is -2.00. The van der Waals surface area contributed by atoms with Crippen molar-refractivity contribution in [1.82, 2.24) is 0 Å². The summed E-state index contributed by atoms with van der Waals surface area (Å²) in [6.45, 7) is 0. The fourth-order valence-electron chi connectivity index (χ4n) is 1.59. The predicted molar refractivity (Wildman–Crippen MR) is 60.7 cm³/mol. The van der Waals surface area contributed by atoms with Crippen molar-refractivity contribution in [2.24, 2.45) is 0 Å². The van der Waals surface area contributed by atoms with E-state index in [1.165, 1.54) is 24.5 Å². The highest BCUT2D eigenvalue weighted by atomic mass is 32.2. The quantitative estimate of drug-likeness (QED) is 0.896. The maximum absolute atomic E-state index is 11.4. The monoisotopic (exact) mass is 254 g/mol. The van der Waals surface area contributed by atoms with Crippen LogP contribution in [0.15, 0.2) is 33.8 Å². The molecule has 5 nitrogen and oxygen atoms in total. The molecule has 0 atom stereocenters. The van der Waals surface area contributed by atoms with Crippen LogP contribution in [0.1, 0.15) is 5.56 Å². The summed E-state index contributed by atoms with van der Waals surface area (Å²) in [5.41, 5.74) is 0.951. The molecule has 0 amide bonds. The normalized spacial score (nSPS) is 11.8. The van der Waals surface area contributed by atoms with Crippen molar-refractivity contribution in [2.75, 3.05) is 6.26 Å². The summed E-state index contributed by atoms with van der Waals surface area (Å²) in [6, 6.07) is 4.40. The zero-order chi connectivity index (χ0) is 12.6. The molecule has 1 N–H and O–H groups in total. The number of furan rings is 1. The van der Waals surface area contributed by atoms with Gasteiger partial charge in [0.2, 0.25) is 0 Å². The highest BCUT2D eigenvalue weighted by molar-refractivity contribution is 7.90. The van der Waals surface area contributed by atoms with E-state index >= 15 is 0 Å². The summed E-state index contributed by atoms with van der Waals surface area (Å²) >= 11 is 0. The van der Waals surface area contributed by atoms with E-state index in [4.69, 9.17) is 9.52 Å². The van der Waals surface area contributed by atoms with Crippen LogP contribution in [0.4, 0.5) is 0 Å². The van der Waals surface area contributed by atoms with Crippen LogP contribution in [0.2, 0.25) is 0 Å². The minimum absolute atomic E-state index is 0.151. The van der Waals surface area contributed by atoms with Crippen LogP contribution in [0.3, 0.4) is 0 Å². The molecule has 17 heavy (non-hydrogen) atoms. The number of carbonyl (C=O) groups is 1. The first-order valence-corrected chi connectivity index (χ1v) is 6.69. The zero-order valence-corrected chi connectivity index (χ0v) is 9.82. The molecule has 0 saturated heterocycles. The van der Waals surface area contributed by atoms with Gasteiger partial charge in [-0.15, -0.1) is 0 Å². The average molecular weight is 254 g/mol. The topological polar surface area (TPSA) is 84.6 Å². The Hall–Kier alpha value is -1.82. The number of benzene rings is 1. The maximum Gasteiger partial charge on any atom is 0.307 e. The third kappa shape index (κ3) is 2.31. The summed E-state index contributed by atoms with van der Waals surface area (Å²) in [5.74, 6) is -0.988. The molecule has 1 heterocycles. The number of sulfone groups is 1. The summed E-state index contributed by atoms with van der Waals surface area (Å²) in [5, 5.41) is 9.24. The maximum atomic E-state index is 11.4. The van der Waals surface area contributed by atoms with Crippen LogP contribution in [0.25, 0.3) is 11.0 Å². The minimum Gasteiger partial charge on any atom is -0.481 e. The predicted octanol–water partition coefficient (Wildman–Crippen LogP) is 1.46. The van der Waals surface area contributed by atoms with E-state index in [1.807, 2.05) is 0 Å². The molecule has 0 aliphatic heterocycles. The van der Waals surface area contributed by atoms with E-state index in [0.29, 0.717) is 16.5 Å². The minimum atomic E-state index is -3.31. The number of carboxylic acids is 1. The molecule has 0 spiro atoms. The molecule has 0 aliphatic rings.